The van der Waals surface area contributed by atoms with Crippen LogP contribution >= 0.6 is 0 Å². The summed E-state index contributed by atoms with van der Waals surface area (Å²) in [6, 6.07) is -1.32. The molecule has 17 heteroatoms. The Morgan fingerprint density at radius 2 is 0.643 bits per heavy atom. The third kappa shape index (κ3) is 63.5. The molecule has 1 radical (unpaired) electrons. The number of rotatable bonds is 84. The monoisotopic (exact) mass is 1640 g/mol. The van der Waals surface area contributed by atoms with Crippen LogP contribution in [0.1, 0.15) is 505 Å². The average Bonchev–Trinajstić information content (AvgIpc) is 0.746. The van der Waals surface area contributed by atoms with Gasteiger partial charge in [0.1, 0.15) is 45.4 Å². The summed E-state index contributed by atoms with van der Waals surface area (Å²) in [5.74, 6) is -2.42. The molecule has 0 unspecified atom stereocenters. The Balaban J connectivity index is 3.83. The van der Waals surface area contributed by atoms with E-state index in [9.17, 15) is 24.3 Å². The van der Waals surface area contributed by atoms with E-state index in [1.807, 2.05) is 33.9 Å². The van der Waals surface area contributed by atoms with Crippen LogP contribution in [0.15, 0.2) is 0 Å². The molecular weight excluding hydrogens is 1460 g/mol. The van der Waals surface area contributed by atoms with Crippen LogP contribution in [0.5, 0.6) is 0 Å². The van der Waals surface area contributed by atoms with Gasteiger partial charge in [0.15, 0.2) is 11.5 Å². The molecule has 1 aliphatic heterocycles. The zero-order valence-corrected chi connectivity index (χ0v) is 78.2. The minimum atomic E-state index is -1.97. The molecule has 677 valence electrons. The van der Waals surface area contributed by atoms with Crippen molar-refractivity contribution in [3.63, 3.8) is 0 Å². The molecule has 0 spiro atoms. The highest BCUT2D eigenvalue weighted by molar-refractivity contribution is 6.59. The van der Waals surface area contributed by atoms with E-state index in [1.54, 1.807) is 0 Å². The van der Waals surface area contributed by atoms with Gasteiger partial charge in [0.2, 0.25) is 11.8 Å². The fourth-order valence-electron chi connectivity index (χ4n) is 16.2. The number of carbonyl (C=O) groups excluding carboxylic acids is 6. The fraction of sp³-hybridized carbons (Fsp3) is 0.939. The molecule has 8 atom stereocenters. The van der Waals surface area contributed by atoms with Crippen LogP contribution in [0.4, 0.5) is 0 Å². The number of carbonyl (C=O) groups is 6. The summed E-state index contributed by atoms with van der Waals surface area (Å²) in [6.07, 6.45) is 64.3. The predicted octanol–water partition coefficient (Wildman–Crippen LogP) is 26.9. The van der Waals surface area contributed by atoms with E-state index >= 15 is 9.59 Å². The molecular formula is C98H187N2O14Si. The Hall–Kier alpha value is -3.12. The number of hydrogen-bond donors (Lipinski definition) is 3. The first-order chi connectivity index (χ1) is 55.8. The highest BCUT2D eigenvalue weighted by Gasteiger charge is 2.60. The predicted molar refractivity (Wildman–Crippen MR) is 480 cm³/mol. The van der Waals surface area contributed by atoms with Gasteiger partial charge in [0.05, 0.1) is 38.1 Å². The van der Waals surface area contributed by atoms with Crippen LogP contribution in [0.25, 0.3) is 0 Å². The summed E-state index contributed by atoms with van der Waals surface area (Å²) < 4.78 is 46.0. The standard InChI is InChI=1S/C98H187N2O14Si/c1-12-18-24-30-36-42-45-51-57-63-69-75-90(103)110-84(72-66-60-54-48-39-33-27-21-15-4)80-88(101)99-78-79-108-98(115(10)11)96(100-89(102)81-85(73-67-61-55-49-40-34-28-22-16-5)111-91(104)76-70-64-58-52-46-43-37-31-25-19-13-2)95(94(107)87(114-98)83-109-97(7,8)9)113-93(106)82-86(74-68-62-56-50-41-35-29-23-17-6)112-92(105)77-71-65-59-53-47-44-38-32-26-20-14-3/h84-87,94-96,107H,12-83H2,1-11H3,(H,99,101)(H,100,102)/t84-,85-,86-,87-,94-,95+,96-,98+/m1/s1. The number of esters is 4. The van der Waals surface area contributed by atoms with Crippen LogP contribution in [-0.2, 0) is 61.9 Å². The van der Waals surface area contributed by atoms with Crippen LogP contribution in [0.2, 0.25) is 13.1 Å². The number of hydrogen-bond acceptors (Lipinski definition) is 14. The Morgan fingerprint density at radius 1 is 0.374 bits per heavy atom. The zero-order chi connectivity index (χ0) is 84.4. The average molecular weight is 1650 g/mol. The normalized spacial score (nSPS) is 17.2. The molecule has 16 nitrogen and oxygen atoms in total. The van der Waals surface area contributed by atoms with Crippen molar-refractivity contribution >= 4 is 44.5 Å². The van der Waals surface area contributed by atoms with Gasteiger partial charge in [0, 0.05) is 25.8 Å². The van der Waals surface area contributed by atoms with Gasteiger partial charge in [0.25, 0.3) is 0 Å². The first-order valence-electron chi connectivity index (χ1n) is 49.6. The second-order valence-electron chi connectivity index (χ2n) is 36.1. The number of nitrogens with one attached hydrogen (secondary N) is 2. The van der Waals surface area contributed by atoms with Gasteiger partial charge in [-0.25, -0.2) is 0 Å². The molecule has 1 fully saturated rings. The summed E-state index contributed by atoms with van der Waals surface area (Å²) in [5, 5.41) is 19.2. The smallest absolute Gasteiger partial charge is 0.310 e. The number of aliphatic hydroxyl groups excluding tert-OH is 1. The minimum absolute atomic E-state index is 0.00669. The lowest BCUT2D eigenvalue weighted by Gasteiger charge is -2.53. The molecule has 2 amide bonds. The topological polar surface area (TPSA) is 211 Å². The Bertz CT molecular complexity index is 2270. The summed E-state index contributed by atoms with van der Waals surface area (Å²) in [4.78, 5) is 86.0. The van der Waals surface area contributed by atoms with Gasteiger partial charge in [-0.15, -0.1) is 0 Å². The minimum Gasteiger partial charge on any atom is -0.462 e. The molecule has 0 aromatic heterocycles. The molecule has 3 N–H and O–H groups in total. The van der Waals surface area contributed by atoms with E-state index in [1.165, 1.54) is 244 Å². The summed E-state index contributed by atoms with van der Waals surface area (Å²) in [5.41, 5.74) is -2.40. The zero-order valence-electron chi connectivity index (χ0n) is 77.2. The lowest BCUT2D eigenvalue weighted by atomic mass is 9.95. The molecule has 1 saturated heterocycles. The largest absolute Gasteiger partial charge is 0.462 e. The molecule has 0 aromatic rings. The van der Waals surface area contributed by atoms with Crippen molar-refractivity contribution in [2.24, 2.45) is 0 Å². The lowest BCUT2D eigenvalue weighted by molar-refractivity contribution is -0.304. The van der Waals surface area contributed by atoms with E-state index in [0.717, 1.165) is 128 Å². The van der Waals surface area contributed by atoms with Crippen molar-refractivity contribution < 1.29 is 67.0 Å². The van der Waals surface area contributed by atoms with Gasteiger partial charge >= 0.3 is 23.9 Å². The highest BCUT2D eigenvalue weighted by Crippen LogP contribution is 2.37. The van der Waals surface area contributed by atoms with E-state index in [-0.39, 0.29) is 75.7 Å². The van der Waals surface area contributed by atoms with Gasteiger partial charge in [-0.2, -0.15) is 0 Å². The van der Waals surface area contributed by atoms with E-state index in [4.69, 9.17) is 33.2 Å². The second-order valence-corrected chi connectivity index (χ2v) is 38.8. The quantitative estimate of drug-likeness (QED) is 0.0224. The van der Waals surface area contributed by atoms with Crippen LogP contribution in [0, 0.1) is 0 Å². The van der Waals surface area contributed by atoms with Gasteiger partial charge in [-0.1, -0.05) is 401 Å². The molecule has 0 saturated carbocycles. The van der Waals surface area contributed by atoms with Crippen LogP contribution in [0.3, 0.4) is 0 Å². The van der Waals surface area contributed by atoms with Crippen molar-refractivity contribution in [2.75, 3.05) is 19.8 Å². The van der Waals surface area contributed by atoms with Gasteiger partial charge in [-0.3, -0.25) is 28.8 Å². The van der Waals surface area contributed by atoms with Crippen molar-refractivity contribution in [3.8, 4) is 0 Å². The van der Waals surface area contributed by atoms with Crippen LogP contribution < -0.4 is 10.6 Å². The van der Waals surface area contributed by atoms with Gasteiger partial charge < -0.3 is 48.9 Å². The number of aliphatic hydroxyl groups is 1. The third-order valence-corrected chi connectivity index (χ3v) is 25.4. The second kappa shape index (κ2) is 77.0. The molecule has 1 heterocycles. The first kappa shape index (κ1) is 110. The first-order valence-corrected chi connectivity index (χ1v) is 52.1. The van der Waals surface area contributed by atoms with E-state index in [2.05, 4.69) is 52.2 Å². The highest BCUT2D eigenvalue weighted by atomic mass is 28.3. The summed E-state index contributed by atoms with van der Waals surface area (Å²) >= 11 is 0. The Labute approximate surface area is 710 Å². The van der Waals surface area contributed by atoms with E-state index in [0.29, 0.717) is 38.5 Å². The number of ether oxygens (including phenoxy) is 7. The van der Waals surface area contributed by atoms with Crippen molar-refractivity contribution in [1.82, 2.24) is 10.6 Å². The van der Waals surface area contributed by atoms with Crippen LogP contribution in [-0.4, -0.2) is 123 Å². The number of unbranched alkanes of at least 4 members (excludes halogenated alkanes) is 54. The fourth-order valence-corrected chi connectivity index (χ4v) is 17.8. The summed E-state index contributed by atoms with van der Waals surface area (Å²) in [6.45, 7) is 22.9. The molecule has 115 heavy (non-hydrogen) atoms. The van der Waals surface area contributed by atoms with Crippen molar-refractivity contribution in [3.05, 3.63) is 0 Å². The maximum absolute atomic E-state index is 15.3. The van der Waals surface area contributed by atoms with Crippen molar-refractivity contribution in [1.29, 1.82) is 0 Å². The lowest BCUT2D eigenvalue weighted by Crippen LogP contribution is -2.75. The van der Waals surface area contributed by atoms with E-state index < -0.39 is 74.4 Å². The van der Waals surface area contributed by atoms with Gasteiger partial charge in [-0.05, 0) is 78.6 Å². The Kier molecular flexibility index (Phi) is 73.5. The molecule has 0 bridgehead atoms. The maximum Gasteiger partial charge on any atom is 0.310 e. The third-order valence-electron chi connectivity index (χ3n) is 23.4. The molecule has 0 aromatic carbocycles. The molecule has 1 aliphatic rings. The molecule has 1 rings (SSSR count). The SMILES string of the molecule is CCCCCCCCCCCCCC(=O)O[C@H](CCCCCCCCCCC)CC(=O)NCCO[C@]1([Si](C)C)O[C@H](COC(C)(C)C)[C@@H](O)[C@H](OC(=O)C[C@@H](CCCCCCCCCCC)OC(=O)CCCCCCCCCCCCC)[C@H]1NC(=O)C[C@@H](CCCCCCCCCCC)OC(=O)CCCCCCCCCCCCC. The summed E-state index contributed by atoms with van der Waals surface area (Å²) in [7, 11) is -1.97. The molecule has 0 aliphatic carbocycles. The Morgan fingerprint density at radius 3 is 0.930 bits per heavy atom. The maximum atomic E-state index is 15.3. The van der Waals surface area contributed by atoms with Crippen molar-refractivity contribution in [2.45, 2.75) is 572 Å². The number of amides is 2.